The maximum atomic E-state index is 13.1. The van der Waals surface area contributed by atoms with Crippen molar-refractivity contribution in [3.05, 3.63) is 72.3 Å². The lowest BCUT2D eigenvalue weighted by Gasteiger charge is -2.22. The van der Waals surface area contributed by atoms with Crippen LogP contribution in [0.2, 0.25) is 0 Å². The number of rotatable bonds is 9. The lowest BCUT2D eigenvalue weighted by Crippen LogP contribution is -2.38. The number of ketones is 1. The Hall–Kier alpha value is -3.03. The highest BCUT2D eigenvalue weighted by molar-refractivity contribution is 7.89. The molecular formula is C24H26N2O4S. The first-order valence-corrected chi connectivity index (χ1v) is 11.6. The Bertz CT molecular complexity index is 1190. The van der Waals surface area contributed by atoms with E-state index < -0.39 is 15.9 Å². The molecule has 1 N–H and O–H groups in total. The van der Waals surface area contributed by atoms with E-state index in [0.29, 0.717) is 17.7 Å². The molecule has 7 heteroatoms. The molecule has 0 unspecified atom stereocenters. The van der Waals surface area contributed by atoms with Gasteiger partial charge >= 0.3 is 0 Å². The van der Waals surface area contributed by atoms with Gasteiger partial charge in [0.25, 0.3) is 0 Å². The van der Waals surface area contributed by atoms with Crippen LogP contribution in [0.25, 0.3) is 10.8 Å². The lowest BCUT2D eigenvalue weighted by molar-refractivity contribution is -0.116. The molecule has 31 heavy (non-hydrogen) atoms. The molecule has 0 aromatic heterocycles. The Morgan fingerprint density at radius 1 is 0.935 bits per heavy atom. The molecule has 0 saturated heterocycles. The van der Waals surface area contributed by atoms with Gasteiger partial charge in [-0.15, -0.1) is 0 Å². The number of nitrogens with one attached hydrogen (secondary N) is 1. The number of carbonyl (C=O) groups excluding carboxylic acids is 2. The zero-order valence-electron chi connectivity index (χ0n) is 17.7. The Labute approximate surface area is 182 Å². The highest BCUT2D eigenvalue weighted by Crippen LogP contribution is 2.20. The van der Waals surface area contributed by atoms with E-state index in [1.54, 1.807) is 6.07 Å². The van der Waals surface area contributed by atoms with Crippen molar-refractivity contribution < 1.29 is 18.0 Å². The molecule has 162 valence electrons. The van der Waals surface area contributed by atoms with Crippen molar-refractivity contribution in [2.45, 2.75) is 31.6 Å². The summed E-state index contributed by atoms with van der Waals surface area (Å²) in [5, 5.41) is 4.84. The topological polar surface area (TPSA) is 83.6 Å². The first-order valence-electron chi connectivity index (χ1n) is 10.2. The summed E-state index contributed by atoms with van der Waals surface area (Å²) < 4.78 is 27.5. The van der Waals surface area contributed by atoms with Gasteiger partial charge < -0.3 is 5.32 Å². The smallest absolute Gasteiger partial charge is 0.243 e. The molecule has 0 fully saturated rings. The molecule has 0 saturated carbocycles. The number of amides is 1. The zero-order chi connectivity index (χ0) is 22.4. The van der Waals surface area contributed by atoms with Crippen molar-refractivity contribution in [3.8, 4) is 0 Å². The van der Waals surface area contributed by atoms with Crippen molar-refractivity contribution in [2.24, 2.45) is 0 Å². The van der Waals surface area contributed by atoms with Crippen molar-refractivity contribution >= 4 is 38.2 Å². The third-order valence-electron chi connectivity index (χ3n) is 5.01. The SMILES string of the molecule is CCCCN(CC(=O)Nc1ccc2ccccc2c1)S(=O)(=O)c1ccc(C(C)=O)cc1. The minimum atomic E-state index is -3.88. The molecule has 0 aliphatic heterocycles. The summed E-state index contributed by atoms with van der Waals surface area (Å²) >= 11 is 0. The van der Waals surface area contributed by atoms with Crippen molar-refractivity contribution in [1.29, 1.82) is 0 Å². The predicted molar refractivity (Wildman–Crippen MR) is 123 cm³/mol. The Morgan fingerprint density at radius 2 is 1.61 bits per heavy atom. The van der Waals surface area contributed by atoms with Gasteiger partial charge in [0.1, 0.15) is 0 Å². The van der Waals surface area contributed by atoms with Gasteiger partial charge in [0, 0.05) is 17.8 Å². The van der Waals surface area contributed by atoms with E-state index >= 15 is 0 Å². The summed E-state index contributed by atoms with van der Waals surface area (Å²) in [5.41, 5.74) is 1.05. The minimum Gasteiger partial charge on any atom is -0.325 e. The number of fused-ring (bicyclic) bond motifs is 1. The van der Waals surface area contributed by atoms with Crippen molar-refractivity contribution in [3.63, 3.8) is 0 Å². The van der Waals surface area contributed by atoms with E-state index in [9.17, 15) is 18.0 Å². The van der Waals surface area contributed by atoms with Crippen molar-refractivity contribution in [1.82, 2.24) is 4.31 Å². The highest BCUT2D eigenvalue weighted by Gasteiger charge is 2.26. The molecular weight excluding hydrogens is 412 g/mol. The van der Waals surface area contributed by atoms with E-state index in [1.165, 1.54) is 35.5 Å². The number of sulfonamides is 1. The van der Waals surface area contributed by atoms with E-state index in [-0.39, 0.29) is 23.8 Å². The number of unbranched alkanes of at least 4 members (excludes halogenated alkanes) is 1. The summed E-state index contributed by atoms with van der Waals surface area (Å²) in [5.74, 6) is -0.545. The third kappa shape index (κ3) is 5.57. The molecule has 3 aromatic carbocycles. The number of benzene rings is 3. The number of hydrogen-bond donors (Lipinski definition) is 1. The summed E-state index contributed by atoms with van der Waals surface area (Å²) in [4.78, 5) is 24.2. The molecule has 3 rings (SSSR count). The average Bonchev–Trinajstić information content (AvgIpc) is 2.76. The summed E-state index contributed by atoms with van der Waals surface area (Å²) in [7, 11) is -3.88. The van der Waals surface area contributed by atoms with Crippen molar-refractivity contribution in [2.75, 3.05) is 18.4 Å². The van der Waals surface area contributed by atoms with Crippen LogP contribution in [0.5, 0.6) is 0 Å². The fourth-order valence-corrected chi connectivity index (χ4v) is 4.69. The van der Waals surface area contributed by atoms with Crippen LogP contribution in [0.3, 0.4) is 0 Å². The normalized spacial score (nSPS) is 11.6. The Kier molecular flexibility index (Phi) is 7.20. The van der Waals surface area contributed by atoms with Gasteiger partial charge in [0.15, 0.2) is 5.78 Å². The van der Waals surface area contributed by atoms with Crippen LogP contribution in [-0.4, -0.2) is 37.5 Å². The van der Waals surface area contributed by atoms with Gasteiger partial charge in [-0.05, 0) is 48.4 Å². The summed E-state index contributed by atoms with van der Waals surface area (Å²) in [6.45, 7) is 3.33. The molecule has 6 nitrogen and oxygen atoms in total. The van der Waals surface area contributed by atoms with Gasteiger partial charge in [0.2, 0.25) is 15.9 Å². The quantitative estimate of drug-likeness (QED) is 0.500. The average molecular weight is 439 g/mol. The molecule has 0 heterocycles. The fourth-order valence-electron chi connectivity index (χ4n) is 3.26. The van der Waals surface area contributed by atoms with Gasteiger partial charge in [-0.25, -0.2) is 8.42 Å². The number of Topliss-reactive ketones (excluding diaryl/α,β-unsaturated/α-hetero) is 1. The van der Waals surface area contributed by atoms with Gasteiger partial charge in [-0.1, -0.05) is 55.8 Å². The zero-order valence-corrected chi connectivity index (χ0v) is 18.5. The molecule has 0 atom stereocenters. The van der Waals surface area contributed by atoms with Crippen LogP contribution in [0.4, 0.5) is 5.69 Å². The van der Waals surface area contributed by atoms with Crippen LogP contribution < -0.4 is 5.32 Å². The molecule has 1 amide bonds. The molecule has 0 bridgehead atoms. The van der Waals surface area contributed by atoms with E-state index in [2.05, 4.69) is 5.32 Å². The predicted octanol–water partition coefficient (Wildman–Crippen LogP) is 4.47. The Morgan fingerprint density at radius 3 is 2.26 bits per heavy atom. The van der Waals surface area contributed by atoms with E-state index in [4.69, 9.17) is 0 Å². The highest BCUT2D eigenvalue weighted by atomic mass is 32.2. The standard InChI is InChI=1S/C24H26N2O4S/c1-3-4-15-26(31(29,30)23-13-10-19(11-14-23)18(2)27)17-24(28)25-22-12-9-20-7-5-6-8-21(20)16-22/h5-14,16H,3-4,15,17H2,1-2H3,(H,25,28). The maximum Gasteiger partial charge on any atom is 0.243 e. The van der Waals surface area contributed by atoms with Crippen LogP contribution in [0.15, 0.2) is 71.6 Å². The van der Waals surface area contributed by atoms with Crippen LogP contribution in [0.1, 0.15) is 37.0 Å². The number of carbonyl (C=O) groups is 2. The molecule has 3 aromatic rings. The first-order chi connectivity index (χ1) is 14.8. The maximum absolute atomic E-state index is 13.1. The molecule has 0 aliphatic rings. The number of nitrogens with zero attached hydrogens (tertiary/aromatic N) is 1. The second-order valence-electron chi connectivity index (χ2n) is 7.38. The monoisotopic (exact) mass is 438 g/mol. The van der Waals surface area contributed by atoms with Gasteiger partial charge in [-0.3, -0.25) is 9.59 Å². The van der Waals surface area contributed by atoms with Gasteiger partial charge in [0.05, 0.1) is 11.4 Å². The van der Waals surface area contributed by atoms with Crippen LogP contribution in [0, 0.1) is 0 Å². The molecule has 0 aliphatic carbocycles. The second-order valence-corrected chi connectivity index (χ2v) is 9.32. The third-order valence-corrected chi connectivity index (χ3v) is 6.87. The fraction of sp³-hybridized carbons (Fsp3) is 0.250. The molecule has 0 spiro atoms. The lowest BCUT2D eigenvalue weighted by atomic mass is 10.1. The van der Waals surface area contributed by atoms with E-state index in [1.807, 2.05) is 43.3 Å². The van der Waals surface area contributed by atoms with Crippen LogP contribution in [-0.2, 0) is 14.8 Å². The summed E-state index contributed by atoms with van der Waals surface area (Å²) in [6.07, 6.45) is 1.43. The number of anilines is 1. The second kappa shape index (κ2) is 9.85. The first kappa shape index (κ1) is 22.7. The minimum absolute atomic E-state index is 0.0621. The van der Waals surface area contributed by atoms with Gasteiger partial charge in [-0.2, -0.15) is 4.31 Å². The summed E-state index contributed by atoms with van der Waals surface area (Å²) in [6, 6.07) is 19.2. The van der Waals surface area contributed by atoms with Crippen LogP contribution >= 0.6 is 0 Å². The Balaban J connectivity index is 1.78. The molecule has 0 radical (unpaired) electrons. The largest absolute Gasteiger partial charge is 0.325 e. The van der Waals surface area contributed by atoms with E-state index in [0.717, 1.165) is 17.2 Å². The number of hydrogen-bond acceptors (Lipinski definition) is 4.